The van der Waals surface area contributed by atoms with Gasteiger partial charge in [0.2, 0.25) is 0 Å². The average molecular weight is 196 g/mol. The normalized spacial score (nSPS) is 10.5. The fourth-order valence-electron chi connectivity index (χ4n) is 0.646. The van der Waals surface area contributed by atoms with Crippen molar-refractivity contribution in [2.45, 2.75) is 5.03 Å². The van der Waals surface area contributed by atoms with Crippen LogP contribution in [0.5, 0.6) is 0 Å². The smallest absolute Gasteiger partial charge is 0.328 e. The lowest BCUT2D eigenvalue weighted by Crippen LogP contribution is -1.87. The third kappa shape index (κ3) is 4.27. The quantitative estimate of drug-likeness (QED) is 0.445. The minimum absolute atomic E-state index is 0.601. The predicted molar refractivity (Wildman–Crippen MR) is 49.5 cm³/mol. The largest absolute Gasteiger partial charge is 0.478 e. The van der Waals surface area contributed by atoms with Gasteiger partial charge in [0.15, 0.2) is 0 Å². The molecule has 4 nitrogen and oxygen atoms in total. The Morgan fingerprint density at radius 1 is 1.69 bits per heavy atom. The Hall–Kier alpha value is -1.36. The first-order valence-corrected chi connectivity index (χ1v) is 4.56. The molecule has 0 saturated carbocycles. The van der Waals surface area contributed by atoms with Crippen molar-refractivity contribution >= 4 is 17.7 Å². The Kier molecular flexibility index (Phi) is 3.98. The number of aliphatic carboxylic acids is 1. The first-order valence-electron chi connectivity index (χ1n) is 3.57. The van der Waals surface area contributed by atoms with Crippen LogP contribution in [-0.2, 0) is 4.79 Å². The predicted octanol–water partition coefficient (Wildman–Crippen LogP) is 1.21. The summed E-state index contributed by atoms with van der Waals surface area (Å²) in [6, 6.07) is 1.78. The molecule has 0 aromatic carbocycles. The standard InChI is InChI=1S/C8H8N2O2S/c11-8(12)2-1-5-13-7-3-4-9-6-10-7/h1-4,6H,5H2,(H,11,12). The third-order valence-corrected chi connectivity index (χ3v) is 2.04. The van der Waals surface area contributed by atoms with Crippen LogP contribution in [0.25, 0.3) is 0 Å². The van der Waals surface area contributed by atoms with Crippen molar-refractivity contribution in [3.05, 3.63) is 30.7 Å². The van der Waals surface area contributed by atoms with Crippen LogP contribution in [0.1, 0.15) is 0 Å². The highest BCUT2D eigenvalue weighted by Gasteiger charge is 1.91. The summed E-state index contributed by atoms with van der Waals surface area (Å²) in [5, 5.41) is 9.13. The van der Waals surface area contributed by atoms with Gasteiger partial charge >= 0.3 is 5.97 Å². The second-order valence-corrected chi connectivity index (χ2v) is 3.14. The average Bonchev–Trinajstić information content (AvgIpc) is 2.14. The van der Waals surface area contributed by atoms with Crippen molar-refractivity contribution in [1.82, 2.24) is 9.97 Å². The summed E-state index contributed by atoms with van der Waals surface area (Å²) in [7, 11) is 0. The molecule has 68 valence electrons. The summed E-state index contributed by atoms with van der Waals surface area (Å²) < 4.78 is 0. The lowest BCUT2D eigenvalue weighted by atomic mass is 10.5. The van der Waals surface area contributed by atoms with E-state index in [0.29, 0.717) is 5.75 Å². The third-order valence-electron chi connectivity index (χ3n) is 1.14. The molecule has 0 saturated heterocycles. The maximum Gasteiger partial charge on any atom is 0.328 e. The minimum Gasteiger partial charge on any atom is -0.478 e. The fourth-order valence-corrected chi connectivity index (χ4v) is 1.29. The number of rotatable bonds is 4. The number of nitrogens with zero attached hydrogens (tertiary/aromatic N) is 2. The number of thioether (sulfide) groups is 1. The van der Waals surface area contributed by atoms with E-state index in [1.54, 1.807) is 18.3 Å². The highest BCUT2D eigenvalue weighted by Crippen LogP contribution is 2.12. The van der Waals surface area contributed by atoms with E-state index in [4.69, 9.17) is 5.11 Å². The minimum atomic E-state index is -0.928. The second-order valence-electron chi connectivity index (χ2n) is 2.10. The Labute approximate surface area is 79.7 Å². The highest BCUT2D eigenvalue weighted by atomic mass is 32.2. The zero-order valence-corrected chi connectivity index (χ0v) is 7.57. The molecular formula is C8H8N2O2S. The molecule has 1 heterocycles. The van der Waals surface area contributed by atoms with Gasteiger partial charge in [-0.05, 0) is 6.07 Å². The summed E-state index contributed by atoms with van der Waals surface area (Å²) in [5.41, 5.74) is 0. The van der Waals surface area contributed by atoms with Crippen LogP contribution in [-0.4, -0.2) is 26.8 Å². The van der Waals surface area contributed by atoms with Crippen molar-refractivity contribution in [1.29, 1.82) is 0 Å². The van der Waals surface area contributed by atoms with E-state index in [9.17, 15) is 4.79 Å². The molecule has 1 N–H and O–H groups in total. The van der Waals surface area contributed by atoms with Gasteiger partial charge in [0.05, 0.1) is 5.03 Å². The SMILES string of the molecule is O=C(O)C=CCSc1ccncn1. The molecule has 0 aliphatic carbocycles. The molecule has 0 unspecified atom stereocenters. The maximum atomic E-state index is 10.1. The summed E-state index contributed by atoms with van der Waals surface area (Å²) >= 11 is 1.46. The molecule has 0 fully saturated rings. The highest BCUT2D eigenvalue weighted by molar-refractivity contribution is 7.99. The van der Waals surface area contributed by atoms with Gasteiger partial charge < -0.3 is 5.11 Å². The molecule has 0 aliphatic heterocycles. The van der Waals surface area contributed by atoms with Crippen LogP contribution in [0.3, 0.4) is 0 Å². The molecule has 1 aromatic heterocycles. The van der Waals surface area contributed by atoms with Crippen LogP contribution in [0, 0.1) is 0 Å². The second kappa shape index (κ2) is 5.31. The zero-order valence-electron chi connectivity index (χ0n) is 6.75. The molecule has 0 atom stereocenters. The molecule has 0 amide bonds. The van der Waals surface area contributed by atoms with Crippen molar-refractivity contribution in [2.24, 2.45) is 0 Å². The van der Waals surface area contributed by atoms with Gasteiger partial charge in [-0.2, -0.15) is 0 Å². The maximum absolute atomic E-state index is 10.1. The molecule has 0 bridgehead atoms. The number of hydrogen-bond donors (Lipinski definition) is 1. The number of carboxylic acids is 1. The Morgan fingerprint density at radius 3 is 3.15 bits per heavy atom. The first-order chi connectivity index (χ1) is 6.29. The van der Waals surface area contributed by atoms with Crippen LogP contribution < -0.4 is 0 Å². The van der Waals surface area contributed by atoms with Crippen molar-refractivity contribution in [3.63, 3.8) is 0 Å². The van der Waals surface area contributed by atoms with Gasteiger partial charge in [0, 0.05) is 18.0 Å². The molecule has 0 spiro atoms. The van der Waals surface area contributed by atoms with E-state index in [2.05, 4.69) is 9.97 Å². The van der Waals surface area contributed by atoms with E-state index in [0.717, 1.165) is 11.1 Å². The van der Waals surface area contributed by atoms with Crippen molar-refractivity contribution in [3.8, 4) is 0 Å². The monoisotopic (exact) mass is 196 g/mol. The lowest BCUT2D eigenvalue weighted by molar-refractivity contribution is -0.131. The number of hydrogen-bond acceptors (Lipinski definition) is 4. The Bertz CT molecular complexity index is 300. The van der Waals surface area contributed by atoms with Crippen LogP contribution in [0.2, 0.25) is 0 Å². The molecule has 13 heavy (non-hydrogen) atoms. The van der Waals surface area contributed by atoms with Gasteiger partial charge in [-0.15, -0.1) is 11.8 Å². The molecule has 5 heteroatoms. The van der Waals surface area contributed by atoms with Crippen molar-refractivity contribution in [2.75, 3.05) is 5.75 Å². The number of carbonyl (C=O) groups is 1. The van der Waals surface area contributed by atoms with E-state index >= 15 is 0 Å². The zero-order chi connectivity index (χ0) is 9.52. The van der Waals surface area contributed by atoms with E-state index in [1.807, 2.05) is 0 Å². The number of aromatic nitrogens is 2. The van der Waals surface area contributed by atoms with Gasteiger partial charge in [-0.25, -0.2) is 14.8 Å². The van der Waals surface area contributed by atoms with E-state index in [-0.39, 0.29) is 0 Å². The molecule has 0 radical (unpaired) electrons. The van der Waals surface area contributed by atoms with E-state index in [1.165, 1.54) is 18.1 Å². The van der Waals surface area contributed by atoms with Crippen LogP contribution in [0.15, 0.2) is 35.8 Å². The van der Waals surface area contributed by atoms with Gasteiger partial charge in [0.25, 0.3) is 0 Å². The summed E-state index contributed by atoms with van der Waals surface area (Å²) in [4.78, 5) is 17.8. The van der Waals surface area contributed by atoms with Gasteiger partial charge in [-0.1, -0.05) is 6.08 Å². The molecule has 1 aromatic rings. The van der Waals surface area contributed by atoms with E-state index < -0.39 is 5.97 Å². The summed E-state index contributed by atoms with van der Waals surface area (Å²) in [6.07, 6.45) is 5.81. The summed E-state index contributed by atoms with van der Waals surface area (Å²) in [5.74, 6) is -0.327. The van der Waals surface area contributed by atoms with Gasteiger partial charge in [0.1, 0.15) is 6.33 Å². The summed E-state index contributed by atoms with van der Waals surface area (Å²) in [6.45, 7) is 0. The van der Waals surface area contributed by atoms with Crippen LogP contribution >= 0.6 is 11.8 Å². The molecule has 0 aliphatic rings. The Morgan fingerprint density at radius 2 is 2.54 bits per heavy atom. The molecule has 1 rings (SSSR count). The van der Waals surface area contributed by atoms with Gasteiger partial charge in [-0.3, -0.25) is 0 Å². The fraction of sp³-hybridized carbons (Fsp3) is 0.125. The molecular weight excluding hydrogens is 188 g/mol. The first kappa shape index (κ1) is 9.73. The lowest BCUT2D eigenvalue weighted by Gasteiger charge is -1.93. The topological polar surface area (TPSA) is 63.1 Å². The number of carboxylic acid groups (broad SMARTS) is 1. The van der Waals surface area contributed by atoms with Crippen LogP contribution in [0.4, 0.5) is 0 Å². The Balaban J connectivity index is 2.32. The van der Waals surface area contributed by atoms with Crippen molar-refractivity contribution < 1.29 is 9.90 Å².